The van der Waals surface area contributed by atoms with E-state index < -0.39 is 0 Å². The number of nitrogens with zero attached hydrogens (tertiary/aromatic N) is 1. The zero-order valence-corrected chi connectivity index (χ0v) is 10.7. The smallest absolute Gasteiger partial charge is 0.224 e. The van der Waals surface area contributed by atoms with Gasteiger partial charge in [0, 0.05) is 6.54 Å². The van der Waals surface area contributed by atoms with E-state index >= 15 is 0 Å². The van der Waals surface area contributed by atoms with Crippen LogP contribution in [0.1, 0.15) is 18.4 Å². The van der Waals surface area contributed by atoms with Crippen LogP contribution in [-0.2, 0) is 11.2 Å². The van der Waals surface area contributed by atoms with E-state index in [4.69, 9.17) is 0 Å². The summed E-state index contributed by atoms with van der Waals surface area (Å²) >= 11 is 0. The first kappa shape index (κ1) is 13.7. The van der Waals surface area contributed by atoms with E-state index in [9.17, 15) is 4.79 Å². The zero-order valence-electron chi connectivity index (χ0n) is 10.7. The van der Waals surface area contributed by atoms with Crippen molar-refractivity contribution in [1.29, 1.82) is 0 Å². The Morgan fingerprint density at radius 1 is 1.29 bits per heavy atom. The van der Waals surface area contributed by atoms with Gasteiger partial charge < -0.3 is 10.2 Å². The minimum Gasteiger partial charge on any atom is -0.356 e. The number of hydrogen-bond acceptors (Lipinski definition) is 2. The summed E-state index contributed by atoms with van der Waals surface area (Å²) in [6.07, 6.45) is 2.61. The van der Waals surface area contributed by atoms with Gasteiger partial charge in [-0.05, 0) is 45.1 Å². The third-order valence-electron chi connectivity index (χ3n) is 2.51. The third-order valence-corrected chi connectivity index (χ3v) is 2.51. The molecule has 0 aromatic heterocycles. The maximum atomic E-state index is 11.6. The van der Waals surface area contributed by atoms with Gasteiger partial charge >= 0.3 is 0 Å². The molecular weight excluding hydrogens is 212 g/mol. The fourth-order valence-corrected chi connectivity index (χ4v) is 1.57. The molecule has 0 fully saturated rings. The highest BCUT2D eigenvalue weighted by atomic mass is 16.1. The maximum absolute atomic E-state index is 11.6. The van der Waals surface area contributed by atoms with E-state index in [0.717, 1.165) is 31.5 Å². The molecule has 0 aliphatic carbocycles. The van der Waals surface area contributed by atoms with Gasteiger partial charge in [0.05, 0.1) is 6.42 Å². The van der Waals surface area contributed by atoms with Crippen molar-refractivity contribution in [3.63, 3.8) is 0 Å². The molecule has 1 amide bonds. The lowest BCUT2D eigenvalue weighted by atomic mass is 10.1. The van der Waals surface area contributed by atoms with Crippen molar-refractivity contribution in [2.75, 3.05) is 27.2 Å². The Morgan fingerprint density at radius 2 is 2.00 bits per heavy atom. The molecule has 0 atom stereocenters. The van der Waals surface area contributed by atoms with Crippen LogP contribution in [0.2, 0.25) is 0 Å². The van der Waals surface area contributed by atoms with Gasteiger partial charge in [-0.15, -0.1) is 0 Å². The molecule has 0 spiro atoms. The van der Waals surface area contributed by atoms with Gasteiger partial charge in [0.15, 0.2) is 0 Å². The van der Waals surface area contributed by atoms with E-state index in [1.165, 1.54) is 0 Å². The molecule has 0 bridgehead atoms. The summed E-state index contributed by atoms with van der Waals surface area (Å²) in [4.78, 5) is 13.7. The average molecular weight is 233 g/mol. The van der Waals surface area contributed by atoms with Crippen molar-refractivity contribution in [3.8, 4) is 0 Å². The average Bonchev–Trinajstić information content (AvgIpc) is 2.29. The predicted molar refractivity (Wildman–Crippen MR) is 69.8 cm³/mol. The first-order chi connectivity index (χ1) is 8.18. The Bertz CT molecular complexity index is 322. The fraction of sp³-hybridized carbons (Fsp3) is 0.500. The summed E-state index contributed by atoms with van der Waals surface area (Å²) in [6, 6.07) is 10.5. The number of nitrogens with one attached hydrogen (secondary N) is 1. The Morgan fingerprint density at radius 3 is 2.65 bits per heavy atom. The van der Waals surface area contributed by atoms with E-state index in [0.29, 0.717) is 6.42 Å². The Balaban J connectivity index is 2.10. The number of benzene rings is 1. The van der Waals surface area contributed by atoms with Crippen LogP contribution >= 0.6 is 0 Å². The molecule has 93 valence electrons. The molecular formula is C14H21N2O. The Hall–Kier alpha value is -1.35. The molecule has 0 saturated heterocycles. The van der Waals surface area contributed by atoms with Gasteiger partial charge in [-0.2, -0.15) is 0 Å². The topological polar surface area (TPSA) is 32.3 Å². The van der Waals surface area contributed by atoms with Crippen molar-refractivity contribution in [2.24, 2.45) is 0 Å². The fourth-order valence-electron chi connectivity index (χ4n) is 1.57. The van der Waals surface area contributed by atoms with Gasteiger partial charge in [-0.3, -0.25) is 4.79 Å². The van der Waals surface area contributed by atoms with E-state index in [-0.39, 0.29) is 5.91 Å². The molecule has 0 saturated carbocycles. The van der Waals surface area contributed by atoms with Crippen molar-refractivity contribution in [1.82, 2.24) is 10.2 Å². The SMILES string of the molecule is CN(C)CCCCNC(=O)Cc1cc[c]cc1. The molecule has 0 aliphatic rings. The third kappa shape index (κ3) is 6.74. The molecule has 0 aliphatic heterocycles. The molecule has 3 nitrogen and oxygen atoms in total. The number of carbonyl (C=O) groups excluding carboxylic acids is 1. The second-order valence-electron chi connectivity index (χ2n) is 4.45. The minimum atomic E-state index is 0.0982. The van der Waals surface area contributed by atoms with Crippen molar-refractivity contribution in [3.05, 3.63) is 35.9 Å². The lowest BCUT2D eigenvalue weighted by Gasteiger charge is -2.09. The van der Waals surface area contributed by atoms with E-state index in [2.05, 4.69) is 30.4 Å². The lowest BCUT2D eigenvalue weighted by Crippen LogP contribution is -2.26. The Kier molecular flexibility index (Phi) is 6.33. The van der Waals surface area contributed by atoms with Crippen LogP contribution in [0.4, 0.5) is 0 Å². The van der Waals surface area contributed by atoms with Crippen LogP contribution in [0.15, 0.2) is 24.3 Å². The first-order valence-corrected chi connectivity index (χ1v) is 6.05. The van der Waals surface area contributed by atoms with Gasteiger partial charge in [0.2, 0.25) is 5.91 Å². The molecule has 1 aromatic rings. The zero-order chi connectivity index (χ0) is 12.5. The number of rotatable bonds is 7. The monoisotopic (exact) mass is 233 g/mol. The summed E-state index contributed by atoms with van der Waals surface area (Å²) in [5.41, 5.74) is 1.04. The molecule has 0 unspecified atom stereocenters. The summed E-state index contributed by atoms with van der Waals surface area (Å²) in [6.45, 7) is 1.84. The maximum Gasteiger partial charge on any atom is 0.224 e. The predicted octanol–water partition coefficient (Wildman–Crippen LogP) is 1.49. The number of carbonyl (C=O) groups is 1. The quantitative estimate of drug-likeness (QED) is 0.724. The summed E-state index contributed by atoms with van der Waals surface area (Å²) in [5.74, 6) is 0.0982. The number of hydrogen-bond donors (Lipinski definition) is 1. The molecule has 17 heavy (non-hydrogen) atoms. The van der Waals surface area contributed by atoms with Crippen LogP contribution < -0.4 is 5.32 Å². The van der Waals surface area contributed by atoms with Gasteiger partial charge in [-0.1, -0.05) is 24.3 Å². The van der Waals surface area contributed by atoms with Crippen LogP contribution in [-0.4, -0.2) is 38.0 Å². The summed E-state index contributed by atoms with van der Waals surface area (Å²) in [7, 11) is 4.12. The minimum absolute atomic E-state index is 0.0982. The number of unbranched alkanes of at least 4 members (excludes halogenated alkanes) is 1. The van der Waals surface area contributed by atoms with Crippen molar-refractivity contribution < 1.29 is 4.79 Å². The highest BCUT2D eigenvalue weighted by Crippen LogP contribution is 1.98. The molecule has 1 aromatic carbocycles. The van der Waals surface area contributed by atoms with Crippen molar-refractivity contribution >= 4 is 5.91 Å². The second kappa shape index (κ2) is 7.85. The summed E-state index contributed by atoms with van der Waals surface area (Å²) < 4.78 is 0. The highest BCUT2D eigenvalue weighted by molar-refractivity contribution is 5.78. The van der Waals surface area contributed by atoms with Gasteiger partial charge in [0.1, 0.15) is 0 Å². The molecule has 0 heterocycles. The van der Waals surface area contributed by atoms with Crippen LogP contribution in [0.3, 0.4) is 0 Å². The van der Waals surface area contributed by atoms with Gasteiger partial charge in [0.25, 0.3) is 0 Å². The van der Waals surface area contributed by atoms with Crippen LogP contribution in [0.5, 0.6) is 0 Å². The normalized spacial score (nSPS) is 10.5. The molecule has 1 rings (SSSR count). The summed E-state index contributed by atoms with van der Waals surface area (Å²) in [5, 5.41) is 2.94. The number of amides is 1. The van der Waals surface area contributed by atoms with E-state index in [1.54, 1.807) is 0 Å². The van der Waals surface area contributed by atoms with E-state index in [1.807, 2.05) is 24.3 Å². The lowest BCUT2D eigenvalue weighted by molar-refractivity contribution is -0.120. The molecule has 1 radical (unpaired) electrons. The second-order valence-corrected chi connectivity index (χ2v) is 4.45. The van der Waals surface area contributed by atoms with Crippen LogP contribution in [0.25, 0.3) is 0 Å². The highest BCUT2D eigenvalue weighted by Gasteiger charge is 2.01. The molecule has 3 heteroatoms. The standard InChI is InChI=1S/C14H21N2O/c1-16(2)11-7-6-10-15-14(17)12-13-8-4-3-5-9-13/h4-5,8-9H,6-7,10-12H2,1-2H3,(H,15,17). The molecule has 1 N–H and O–H groups in total. The van der Waals surface area contributed by atoms with Gasteiger partial charge in [-0.25, -0.2) is 0 Å². The van der Waals surface area contributed by atoms with Crippen LogP contribution in [0, 0.1) is 6.07 Å². The first-order valence-electron chi connectivity index (χ1n) is 6.05. The van der Waals surface area contributed by atoms with Crippen molar-refractivity contribution in [2.45, 2.75) is 19.3 Å². The largest absolute Gasteiger partial charge is 0.356 e. The Labute approximate surface area is 104 Å².